The van der Waals surface area contributed by atoms with E-state index in [9.17, 15) is 4.79 Å². The number of aromatic nitrogens is 2. The summed E-state index contributed by atoms with van der Waals surface area (Å²) in [4.78, 5) is 22.6. The lowest BCUT2D eigenvalue weighted by molar-refractivity contribution is -0.143. The monoisotopic (exact) mass is 325 g/mol. The van der Waals surface area contributed by atoms with Crippen molar-refractivity contribution in [2.45, 2.75) is 38.3 Å². The Kier molecular flexibility index (Phi) is 3.88. The van der Waals surface area contributed by atoms with Crippen LogP contribution in [0.2, 0.25) is 0 Å². The van der Waals surface area contributed by atoms with Crippen LogP contribution in [0.3, 0.4) is 0 Å². The van der Waals surface area contributed by atoms with Crippen LogP contribution in [0.25, 0.3) is 11.3 Å². The van der Waals surface area contributed by atoms with E-state index in [1.165, 1.54) is 0 Å². The number of benzene rings is 1. The Morgan fingerprint density at radius 3 is 3.04 bits per heavy atom. The van der Waals surface area contributed by atoms with Crippen molar-refractivity contribution in [3.05, 3.63) is 42.4 Å². The smallest absolute Gasteiger partial charge is 0.231 e. The number of fused-ring (bicyclic) bond motifs is 1. The number of carbonyl (C=O) groups is 1. The van der Waals surface area contributed by atoms with Crippen LogP contribution in [0.15, 0.2) is 36.5 Å². The quantitative estimate of drug-likeness (QED) is 0.940. The van der Waals surface area contributed by atoms with Crippen molar-refractivity contribution in [3.8, 4) is 11.3 Å². The molecule has 126 valence electrons. The largest absolute Gasteiger partial charge is 0.377 e. The molecule has 1 aliphatic carbocycles. The molecule has 0 unspecified atom stereocenters. The van der Waals surface area contributed by atoms with Crippen molar-refractivity contribution in [3.63, 3.8) is 0 Å². The molecule has 5 nitrogen and oxygen atoms in total. The molecule has 5 heteroatoms. The van der Waals surface area contributed by atoms with Crippen LogP contribution in [-0.2, 0) is 16.1 Å². The molecule has 2 aliphatic rings. The number of hydrogen-bond acceptors (Lipinski definition) is 3. The van der Waals surface area contributed by atoms with E-state index in [2.05, 4.69) is 9.97 Å². The number of H-pyrrole nitrogens is 1. The summed E-state index contributed by atoms with van der Waals surface area (Å²) in [5.41, 5.74) is 1.79. The van der Waals surface area contributed by atoms with Crippen molar-refractivity contribution in [1.29, 1.82) is 0 Å². The molecule has 1 saturated carbocycles. The second-order valence-corrected chi connectivity index (χ2v) is 6.93. The van der Waals surface area contributed by atoms with Gasteiger partial charge in [-0.1, -0.05) is 30.3 Å². The summed E-state index contributed by atoms with van der Waals surface area (Å²) in [5.74, 6) is 1.02. The number of ether oxygens (including phenoxy) is 1. The van der Waals surface area contributed by atoms with Gasteiger partial charge in [0.2, 0.25) is 5.91 Å². The van der Waals surface area contributed by atoms with Crippen LogP contribution in [-0.4, -0.2) is 40.5 Å². The first-order valence-electron chi connectivity index (χ1n) is 8.65. The molecular weight excluding hydrogens is 302 g/mol. The number of hydrogen-bond donors (Lipinski definition) is 1. The molecule has 0 bridgehead atoms. The fourth-order valence-electron chi connectivity index (χ4n) is 4.19. The van der Waals surface area contributed by atoms with Gasteiger partial charge in [-0.15, -0.1) is 0 Å². The fraction of sp³-hybridized carbons (Fsp3) is 0.474. The second-order valence-electron chi connectivity index (χ2n) is 6.93. The summed E-state index contributed by atoms with van der Waals surface area (Å²) in [6.45, 7) is 1.21. The van der Waals surface area contributed by atoms with E-state index < -0.39 is 0 Å². The number of amides is 1. The predicted octanol–water partition coefficient (Wildman–Crippen LogP) is 2.99. The minimum absolute atomic E-state index is 0.115. The molecule has 1 amide bonds. The number of carbonyl (C=O) groups excluding carboxylic acids is 1. The van der Waals surface area contributed by atoms with E-state index >= 15 is 0 Å². The lowest BCUT2D eigenvalue weighted by atomic mass is 9.81. The van der Waals surface area contributed by atoms with Crippen molar-refractivity contribution in [1.82, 2.24) is 14.9 Å². The Bertz CT molecular complexity index is 715. The van der Waals surface area contributed by atoms with Crippen LogP contribution in [0.1, 0.15) is 31.5 Å². The van der Waals surface area contributed by atoms with Crippen LogP contribution < -0.4 is 0 Å². The standard InChI is InChI=1S/C19H23N3O2/c1-22(18(23)19-9-5-8-16(19)24-11-10-19)13-17-20-12-15(21-17)14-6-3-2-4-7-14/h2-4,6-7,12,16H,5,8-11,13H2,1H3,(H,20,21)/t16-,19+/m1/s1. The number of nitrogens with zero attached hydrogens (tertiary/aromatic N) is 2. The summed E-state index contributed by atoms with van der Waals surface area (Å²) in [5, 5.41) is 0. The molecular formula is C19H23N3O2. The first kappa shape index (κ1) is 15.4. The van der Waals surface area contributed by atoms with Crippen molar-refractivity contribution < 1.29 is 9.53 Å². The van der Waals surface area contributed by atoms with E-state index in [4.69, 9.17) is 4.74 Å². The average Bonchev–Trinajstić information content (AvgIpc) is 3.30. The topological polar surface area (TPSA) is 58.2 Å². The van der Waals surface area contributed by atoms with Gasteiger partial charge >= 0.3 is 0 Å². The summed E-state index contributed by atoms with van der Waals surface area (Å²) in [6.07, 6.45) is 5.85. The third-order valence-electron chi connectivity index (χ3n) is 5.45. The molecule has 1 aromatic heterocycles. The molecule has 1 N–H and O–H groups in total. The third kappa shape index (κ3) is 2.53. The van der Waals surface area contributed by atoms with Gasteiger partial charge in [-0.3, -0.25) is 4.79 Å². The number of imidazole rings is 1. The van der Waals surface area contributed by atoms with Gasteiger partial charge in [-0.05, 0) is 31.2 Å². The van der Waals surface area contributed by atoms with Crippen LogP contribution in [0.5, 0.6) is 0 Å². The molecule has 2 heterocycles. The maximum absolute atomic E-state index is 13.0. The Labute approximate surface area is 142 Å². The minimum Gasteiger partial charge on any atom is -0.377 e. The molecule has 1 aromatic carbocycles. The fourth-order valence-corrected chi connectivity index (χ4v) is 4.19. The minimum atomic E-state index is -0.288. The first-order chi connectivity index (χ1) is 11.7. The van der Waals surface area contributed by atoms with Gasteiger partial charge in [0, 0.05) is 13.7 Å². The highest BCUT2D eigenvalue weighted by molar-refractivity contribution is 5.84. The van der Waals surface area contributed by atoms with E-state index in [0.29, 0.717) is 13.2 Å². The predicted molar refractivity (Wildman–Crippen MR) is 91.1 cm³/mol. The zero-order valence-corrected chi connectivity index (χ0v) is 14.0. The van der Waals surface area contributed by atoms with Gasteiger partial charge < -0.3 is 14.6 Å². The highest BCUT2D eigenvalue weighted by atomic mass is 16.5. The molecule has 2 aromatic rings. The third-order valence-corrected chi connectivity index (χ3v) is 5.45. The van der Waals surface area contributed by atoms with Gasteiger partial charge in [-0.2, -0.15) is 0 Å². The Morgan fingerprint density at radius 1 is 1.38 bits per heavy atom. The molecule has 4 rings (SSSR count). The van der Waals surface area contributed by atoms with Crippen LogP contribution >= 0.6 is 0 Å². The summed E-state index contributed by atoms with van der Waals surface area (Å²) >= 11 is 0. The highest BCUT2D eigenvalue weighted by Crippen LogP contribution is 2.48. The van der Waals surface area contributed by atoms with Crippen molar-refractivity contribution in [2.24, 2.45) is 5.41 Å². The zero-order valence-electron chi connectivity index (χ0n) is 14.0. The van der Waals surface area contributed by atoms with Crippen LogP contribution in [0, 0.1) is 5.41 Å². The molecule has 2 fully saturated rings. The maximum Gasteiger partial charge on any atom is 0.231 e. The molecule has 1 aliphatic heterocycles. The average molecular weight is 325 g/mol. The Balaban J connectivity index is 1.48. The summed E-state index contributed by atoms with van der Waals surface area (Å²) < 4.78 is 5.79. The highest BCUT2D eigenvalue weighted by Gasteiger charge is 2.53. The molecule has 2 atom stereocenters. The van der Waals surface area contributed by atoms with Gasteiger partial charge in [-0.25, -0.2) is 4.98 Å². The van der Waals surface area contributed by atoms with Crippen molar-refractivity contribution in [2.75, 3.05) is 13.7 Å². The van der Waals surface area contributed by atoms with Crippen molar-refractivity contribution >= 4 is 5.91 Å². The molecule has 0 spiro atoms. The number of rotatable bonds is 4. The van der Waals surface area contributed by atoms with Gasteiger partial charge in [0.25, 0.3) is 0 Å². The number of nitrogens with one attached hydrogen (secondary N) is 1. The van der Waals surface area contributed by atoms with E-state index in [-0.39, 0.29) is 17.4 Å². The SMILES string of the molecule is CN(Cc1ncc(-c2ccccc2)[nH]1)C(=O)[C@]12CCC[C@H]1OCC2. The molecule has 24 heavy (non-hydrogen) atoms. The van der Waals surface area contributed by atoms with Gasteiger partial charge in [0.15, 0.2) is 0 Å². The first-order valence-corrected chi connectivity index (χ1v) is 8.65. The van der Waals surface area contributed by atoms with E-state index in [1.807, 2.05) is 43.6 Å². The molecule has 0 radical (unpaired) electrons. The molecule has 1 saturated heterocycles. The van der Waals surface area contributed by atoms with Crippen LogP contribution in [0.4, 0.5) is 0 Å². The second kappa shape index (κ2) is 6.06. The summed E-state index contributed by atoms with van der Waals surface area (Å²) in [6, 6.07) is 10.1. The Morgan fingerprint density at radius 2 is 2.21 bits per heavy atom. The van der Waals surface area contributed by atoms with E-state index in [0.717, 1.165) is 42.8 Å². The van der Waals surface area contributed by atoms with Gasteiger partial charge in [0.1, 0.15) is 5.82 Å². The maximum atomic E-state index is 13.0. The normalized spacial score (nSPS) is 25.6. The lowest BCUT2D eigenvalue weighted by Gasteiger charge is -2.31. The number of aromatic amines is 1. The Hall–Kier alpha value is -2.14. The zero-order chi connectivity index (χ0) is 16.6. The van der Waals surface area contributed by atoms with Gasteiger partial charge in [0.05, 0.1) is 30.0 Å². The van der Waals surface area contributed by atoms with E-state index in [1.54, 1.807) is 4.90 Å². The summed E-state index contributed by atoms with van der Waals surface area (Å²) in [7, 11) is 1.87. The lowest BCUT2D eigenvalue weighted by Crippen LogP contribution is -2.44.